The van der Waals surface area contributed by atoms with Crippen molar-refractivity contribution >= 4 is 0 Å². The zero-order chi connectivity index (χ0) is 10.5. The van der Waals surface area contributed by atoms with Gasteiger partial charge in [0.1, 0.15) is 0 Å². The number of hydrogen-bond donors (Lipinski definition) is 0. The third kappa shape index (κ3) is 0.613. The first-order valence-electron chi connectivity index (χ1n) is 7.69. The second kappa shape index (κ2) is 2.02. The van der Waals surface area contributed by atoms with Gasteiger partial charge in [0.15, 0.2) is 0 Å². The van der Waals surface area contributed by atoms with Crippen LogP contribution in [-0.4, -0.2) is 23.9 Å². The van der Waals surface area contributed by atoms with Crippen molar-refractivity contribution in [3.63, 3.8) is 0 Å². The topological polar surface area (TPSA) is 21.8 Å². The van der Waals surface area contributed by atoms with Crippen molar-refractivity contribution in [1.29, 1.82) is 0 Å². The van der Waals surface area contributed by atoms with Crippen LogP contribution in [0.1, 0.15) is 25.7 Å². The molecule has 8 fully saturated rings. The van der Waals surface area contributed by atoms with Gasteiger partial charge in [-0.25, -0.2) is 0 Å². The monoisotopic (exact) mass is 230 g/mol. The standard InChI is InChI=1S/C15H18O2/c1-6-5-2-9-12(8-3-15(9)4-10(8)17-15)11(5)7(1)14-13(6)16-14/h5-14H,1-4H2/t5?,6?,7?,8?,9?,10?,11?,12?,13?,14?,15-/m0/s1. The first kappa shape index (κ1) is 8.16. The summed E-state index contributed by atoms with van der Waals surface area (Å²) in [5, 5.41) is 0. The molecule has 0 aromatic heterocycles. The van der Waals surface area contributed by atoms with Crippen LogP contribution in [-0.2, 0) is 9.47 Å². The maximum absolute atomic E-state index is 6.21. The molecule has 0 aromatic rings. The Hall–Kier alpha value is -0.0800. The molecular formula is C15H18O2. The molecule has 8 rings (SSSR count). The summed E-state index contributed by atoms with van der Waals surface area (Å²) in [6.45, 7) is 0. The van der Waals surface area contributed by atoms with Gasteiger partial charge >= 0.3 is 0 Å². The first-order chi connectivity index (χ1) is 8.36. The van der Waals surface area contributed by atoms with Gasteiger partial charge in [-0.15, -0.1) is 0 Å². The van der Waals surface area contributed by atoms with Gasteiger partial charge in [-0.1, -0.05) is 0 Å². The molecule has 3 heterocycles. The largest absolute Gasteiger partial charge is 0.371 e. The number of hydrogen-bond acceptors (Lipinski definition) is 2. The summed E-state index contributed by atoms with van der Waals surface area (Å²) in [6, 6.07) is 0. The molecule has 1 spiro atoms. The van der Waals surface area contributed by atoms with Gasteiger partial charge < -0.3 is 9.47 Å². The molecule has 11 atom stereocenters. The minimum Gasteiger partial charge on any atom is -0.371 e. The third-order valence-corrected chi connectivity index (χ3v) is 8.09. The molecule has 8 aliphatic rings. The van der Waals surface area contributed by atoms with Crippen LogP contribution in [0.15, 0.2) is 0 Å². The Balaban J connectivity index is 1.40. The molecule has 5 aliphatic carbocycles. The van der Waals surface area contributed by atoms with E-state index in [0.717, 1.165) is 41.4 Å². The van der Waals surface area contributed by atoms with Crippen LogP contribution in [0, 0.1) is 41.4 Å². The molecule has 17 heavy (non-hydrogen) atoms. The van der Waals surface area contributed by atoms with E-state index in [1.54, 1.807) is 0 Å². The molecule has 10 unspecified atom stereocenters. The van der Waals surface area contributed by atoms with E-state index in [9.17, 15) is 0 Å². The van der Waals surface area contributed by atoms with Crippen LogP contribution >= 0.6 is 0 Å². The van der Waals surface area contributed by atoms with E-state index in [1.165, 1.54) is 25.7 Å². The fourth-order valence-electron chi connectivity index (χ4n) is 7.88. The molecule has 0 N–H and O–H groups in total. The minimum atomic E-state index is 0.412. The molecular weight excluding hydrogens is 212 g/mol. The van der Waals surface area contributed by atoms with Crippen molar-refractivity contribution in [2.24, 2.45) is 41.4 Å². The van der Waals surface area contributed by atoms with E-state index in [0.29, 0.717) is 23.9 Å². The Bertz CT molecular complexity index is 450. The van der Waals surface area contributed by atoms with Gasteiger partial charge in [0.25, 0.3) is 0 Å². The zero-order valence-corrected chi connectivity index (χ0v) is 9.92. The molecule has 2 nitrogen and oxygen atoms in total. The lowest BCUT2D eigenvalue weighted by Gasteiger charge is -2.50. The maximum atomic E-state index is 6.21. The van der Waals surface area contributed by atoms with Crippen molar-refractivity contribution in [3.05, 3.63) is 0 Å². The maximum Gasteiger partial charge on any atom is 0.0875 e. The number of rotatable bonds is 0. The molecule has 5 bridgehead atoms. The quantitative estimate of drug-likeness (QED) is 0.592. The molecule has 5 saturated carbocycles. The van der Waals surface area contributed by atoms with E-state index < -0.39 is 0 Å². The highest BCUT2D eigenvalue weighted by Gasteiger charge is 2.80. The van der Waals surface area contributed by atoms with Gasteiger partial charge in [-0.2, -0.15) is 0 Å². The van der Waals surface area contributed by atoms with Gasteiger partial charge in [-0.05, 0) is 60.7 Å². The van der Waals surface area contributed by atoms with Crippen LogP contribution in [0.25, 0.3) is 0 Å². The molecule has 0 radical (unpaired) electrons. The summed E-state index contributed by atoms with van der Waals surface area (Å²) >= 11 is 0. The Morgan fingerprint density at radius 2 is 1.71 bits per heavy atom. The van der Waals surface area contributed by atoms with E-state index in [2.05, 4.69) is 0 Å². The Kier molecular flexibility index (Phi) is 0.968. The van der Waals surface area contributed by atoms with Gasteiger partial charge in [0.05, 0.1) is 23.9 Å². The van der Waals surface area contributed by atoms with Crippen LogP contribution in [0.4, 0.5) is 0 Å². The summed E-state index contributed by atoms with van der Waals surface area (Å²) < 4.78 is 12.1. The Morgan fingerprint density at radius 3 is 2.65 bits per heavy atom. The summed E-state index contributed by atoms with van der Waals surface area (Å²) in [4.78, 5) is 0. The second-order valence-corrected chi connectivity index (χ2v) is 8.08. The van der Waals surface area contributed by atoms with Crippen LogP contribution in [0.5, 0.6) is 0 Å². The van der Waals surface area contributed by atoms with Crippen molar-refractivity contribution in [1.82, 2.24) is 0 Å². The molecule has 0 amide bonds. The summed E-state index contributed by atoms with van der Waals surface area (Å²) in [7, 11) is 0. The van der Waals surface area contributed by atoms with E-state index in [1.807, 2.05) is 0 Å². The van der Waals surface area contributed by atoms with Gasteiger partial charge in [0.2, 0.25) is 0 Å². The fraction of sp³-hybridized carbons (Fsp3) is 1.00. The van der Waals surface area contributed by atoms with E-state index in [4.69, 9.17) is 9.47 Å². The lowest BCUT2D eigenvalue weighted by molar-refractivity contribution is -0.224. The number of fused-ring (bicyclic) bond motifs is 10. The minimum absolute atomic E-state index is 0.412. The van der Waals surface area contributed by atoms with E-state index in [-0.39, 0.29) is 0 Å². The van der Waals surface area contributed by atoms with Crippen molar-refractivity contribution < 1.29 is 9.47 Å². The van der Waals surface area contributed by atoms with Gasteiger partial charge in [0, 0.05) is 6.42 Å². The average molecular weight is 230 g/mol. The lowest BCUT2D eigenvalue weighted by atomic mass is 9.68. The highest BCUT2D eigenvalue weighted by molar-refractivity contribution is 5.27. The highest BCUT2D eigenvalue weighted by atomic mass is 16.6. The van der Waals surface area contributed by atoms with Crippen LogP contribution in [0.2, 0.25) is 0 Å². The van der Waals surface area contributed by atoms with Crippen LogP contribution in [0.3, 0.4) is 0 Å². The number of ether oxygens (including phenoxy) is 2. The zero-order valence-electron chi connectivity index (χ0n) is 9.92. The smallest absolute Gasteiger partial charge is 0.0875 e. The molecule has 90 valence electrons. The van der Waals surface area contributed by atoms with Gasteiger partial charge in [-0.3, -0.25) is 0 Å². The second-order valence-electron chi connectivity index (χ2n) is 8.08. The normalized spacial score (nSPS) is 83.3. The predicted octanol–water partition coefficient (Wildman–Crippen LogP) is 1.83. The molecule has 0 aromatic carbocycles. The summed E-state index contributed by atoms with van der Waals surface area (Å²) in [5.74, 6) is 7.04. The van der Waals surface area contributed by atoms with Crippen molar-refractivity contribution in [3.8, 4) is 0 Å². The first-order valence-corrected chi connectivity index (χ1v) is 7.69. The van der Waals surface area contributed by atoms with Crippen LogP contribution < -0.4 is 0 Å². The summed E-state index contributed by atoms with van der Waals surface area (Å²) in [5.41, 5.74) is 0.412. The van der Waals surface area contributed by atoms with Crippen molar-refractivity contribution in [2.75, 3.05) is 0 Å². The number of epoxide rings is 1. The molecule has 3 aliphatic heterocycles. The fourth-order valence-corrected chi connectivity index (χ4v) is 7.88. The predicted molar refractivity (Wildman–Crippen MR) is 59.2 cm³/mol. The Morgan fingerprint density at radius 1 is 0.824 bits per heavy atom. The average Bonchev–Trinajstić information content (AvgIpc) is 2.77. The third-order valence-electron chi connectivity index (χ3n) is 8.09. The molecule has 3 saturated heterocycles. The highest BCUT2D eigenvalue weighted by Crippen LogP contribution is 2.78. The Labute approximate surface area is 101 Å². The SMILES string of the molecule is C1C2C3CC4C(C5C[C@]46CC5O6)C3C1C1OC21. The van der Waals surface area contributed by atoms with E-state index >= 15 is 0 Å². The lowest BCUT2D eigenvalue weighted by Crippen LogP contribution is -2.54. The summed E-state index contributed by atoms with van der Waals surface area (Å²) in [6.07, 6.45) is 8.01. The van der Waals surface area contributed by atoms with Crippen molar-refractivity contribution in [2.45, 2.75) is 49.6 Å². The molecule has 2 heteroatoms.